The zero-order valence-corrected chi connectivity index (χ0v) is 14.7. The number of nitrogens with one attached hydrogen (secondary N) is 1. The molecule has 0 saturated carbocycles. The largest absolute Gasteiger partial charge is 0.383 e. The molecule has 2 aromatic heterocycles. The predicted octanol–water partition coefficient (Wildman–Crippen LogP) is 3.25. The number of nitrogens with two attached hydrogens (primary N) is 1. The van der Waals surface area contributed by atoms with Crippen molar-refractivity contribution in [2.45, 2.75) is 32.7 Å². The van der Waals surface area contributed by atoms with Crippen molar-refractivity contribution in [2.24, 2.45) is 5.92 Å². The standard InChI is InChI=1S/C7H15N.C6H5IN4S/c1-6-3-4-7(2)8-5-6;7-12-11-2-1-4-5(8)9-3-10-6(4)11/h6-8H,3-5H2,1-2H3;1-3H,(H2,8,9,10)/t6?,7-;/m0./s1. The minimum atomic E-state index is 0.532. The summed E-state index contributed by atoms with van der Waals surface area (Å²) in [6.07, 6.45) is 6.17. The Labute approximate surface area is 135 Å². The summed E-state index contributed by atoms with van der Waals surface area (Å²) < 4.78 is 1.94. The van der Waals surface area contributed by atoms with Crippen molar-refractivity contribution < 1.29 is 0 Å². The molecule has 20 heavy (non-hydrogen) atoms. The maximum absolute atomic E-state index is 5.65. The van der Waals surface area contributed by atoms with Gasteiger partial charge < -0.3 is 11.1 Å². The lowest BCUT2D eigenvalue weighted by atomic mass is 9.98. The van der Waals surface area contributed by atoms with Gasteiger partial charge in [-0.05, 0) is 38.3 Å². The minimum absolute atomic E-state index is 0.532. The highest BCUT2D eigenvalue weighted by Gasteiger charge is 2.11. The maximum Gasteiger partial charge on any atom is 0.156 e. The highest BCUT2D eigenvalue weighted by Crippen LogP contribution is 2.24. The molecule has 1 unspecified atom stereocenters. The van der Waals surface area contributed by atoms with Crippen molar-refractivity contribution >= 4 is 47.2 Å². The Morgan fingerprint density at radius 1 is 1.40 bits per heavy atom. The van der Waals surface area contributed by atoms with Gasteiger partial charge in [0, 0.05) is 42.6 Å². The van der Waals surface area contributed by atoms with E-state index in [4.69, 9.17) is 5.73 Å². The van der Waals surface area contributed by atoms with Gasteiger partial charge in [0.15, 0.2) is 5.65 Å². The van der Waals surface area contributed by atoms with Crippen LogP contribution in [0.4, 0.5) is 5.82 Å². The summed E-state index contributed by atoms with van der Waals surface area (Å²) in [6, 6.07) is 2.68. The summed E-state index contributed by atoms with van der Waals surface area (Å²) in [5.41, 5.74) is 6.51. The van der Waals surface area contributed by atoms with E-state index in [0.717, 1.165) is 23.0 Å². The number of aromatic nitrogens is 3. The normalized spacial score (nSPS) is 22.4. The molecule has 0 amide bonds. The molecule has 3 rings (SSSR count). The number of nitrogen functional groups attached to an aromatic ring is 1. The smallest absolute Gasteiger partial charge is 0.156 e. The Hall–Kier alpha value is -0.540. The molecule has 1 aliphatic rings. The molecule has 3 N–H and O–H groups in total. The number of nitrogens with zero attached hydrogens (tertiary/aromatic N) is 3. The Morgan fingerprint density at radius 2 is 2.20 bits per heavy atom. The lowest BCUT2D eigenvalue weighted by molar-refractivity contribution is 0.343. The Bertz CT molecular complexity index is 541. The average Bonchev–Trinajstić information content (AvgIpc) is 2.87. The molecule has 1 saturated heterocycles. The number of piperidine rings is 1. The Morgan fingerprint density at radius 3 is 2.80 bits per heavy atom. The van der Waals surface area contributed by atoms with E-state index >= 15 is 0 Å². The number of anilines is 1. The van der Waals surface area contributed by atoms with Gasteiger partial charge >= 0.3 is 0 Å². The second-order valence-corrected chi connectivity index (χ2v) is 6.91. The number of hydrogen-bond donors (Lipinski definition) is 2. The third kappa shape index (κ3) is 3.98. The van der Waals surface area contributed by atoms with Crippen molar-refractivity contribution in [3.05, 3.63) is 18.6 Å². The zero-order chi connectivity index (χ0) is 14.5. The summed E-state index contributed by atoms with van der Waals surface area (Å²) in [6.45, 7) is 5.78. The quantitative estimate of drug-likeness (QED) is 0.713. The van der Waals surface area contributed by atoms with Crippen LogP contribution in [0, 0.1) is 5.92 Å². The second kappa shape index (κ2) is 7.46. The maximum atomic E-state index is 5.65. The molecule has 0 bridgehead atoms. The van der Waals surface area contributed by atoms with Crippen LogP contribution in [0.5, 0.6) is 0 Å². The lowest BCUT2D eigenvalue weighted by Gasteiger charge is -2.24. The molecular formula is C13H20IN5S. The monoisotopic (exact) mass is 405 g/mol. The van der Waals surface area contributed by atoms with Crippen molar-refractivity contribution in [2.75, 3.05) is 12.3 Å². The Kier molecular flexibility index (Phi) is 5.91. The molecule has 5 nitrogen and oxygen atoms in total. The molecule has 2 aromatic rings. The zero-order valence-electron chi connectivity index (χ0n) is 11.7. The highest BCUT2D eigenvalue weighted by molar-refractivity contribution is 14.2. The van der Waals surface area contributed by atoms with Crippen molar-refractivity contribution in [1.29, 1.82) is 0 Å². The SMILES string of the molecule is CC1CC[C@H](C)NC1.Nc1ncnc2c1ccn2SI. The first kappa shape index (κ1) is 15.8. The third-order valence-corrected chi connectivity index (χ3v) is 5.18. The van der Waals surface area contributed by atoms with Gasteiger partial charge in [0.25, 0.3) is 0 Å². The van der Waals surface area contributed by atoms with Gasteiger partial charge in [0.2, 0.25) is 0 Å². The fourth-order valence-electron chi connectivity index (χ4n) is 2.14. The molecule has 1 fully saturated rings. The van der Waals surface area contributed by atoms with Crippen LogP contribution in [0.1, 0.15) is 26.7 Å². The first-order chi connectivity index (χ1) is 9.61. The van der Waals surface area contributed by atoms with Crippen molar-refractivity contribution in [1.82, 2.24) is 19.3 Å². The van der Waals surface area contributed by atoms with E-state index < -0.39 is 0 Å². The van der Waals surface area contributed by atoms with Gasteiger partial charge in [-0.2, -0.15) is 0 Å². The molecule has 2 atom stereocenters. The fourth-order valence-corrected chi connectivity index (χ4v) is 3.42. The molecule has 3 heterocycles. The van der Waals surface area contributed by atoms with Crippen LogP contribution in [0.2, 0.25) is 0 Å². The number of hydrogen-bond acceptors (Lipinski definition) is 5. The van der Waals surface area contributed by atoms with Gasteiger partial charge in [-0.3, -0.25) is 3.97 Å². The Balaban J connectivity index is 0.000000160. The van der Waals surface area contributed by atoms with Gasteiger partial charge in [-0.15, -0.1) is 0 Å². The highest BCUT2D eigenvalue weighted by atomic mass is 127. The molecule has 0 spiro atoms. The van der Waals surface area contributed by atoms with E-state index in [9.17, 15) is 0 Å². The summed E-state index contributed by atoms with van der Waals surface area (Å²) in [5, 5.41) is 4.34. The predicted molar refractivity (Wildman–Crippen MR) is 94.8 cm³/mol. The van der Waals surface area contributed by atoms with E-state index in [1.165, 1.54) is 25.7 Å². The molecule has 0 aliphatic carbocycles. The van der Waals surface area contributed by atoms with Crippen LogP contribution in [0.15, 0.2) is 18.6 Å². The molecule has 7 heteroatoms. The third-order valence-electron chi connectivity index (χ3n) is 3.46. The summed E-state index contributed by atoms with van der Waals surface area (Å²) in [5.74, 6) is 1.44. The van der Waals surface area contributed by atoms with E-state index in [-0.39, 0.29) is 0 Å². The average molecular weight is 405 g/mol. The van der Waals surface area contributed by atoms with Gasteiger partial charge in [-0.25, -0.2) is 9.97 Å². The number of rotatable bonds is 1. The van der Waals surface area contributed by atoms with Crippen LogP contribution in [-0.2, 0) is 0 Å². The van der Waals surface area contributed by atoms with Crippen LogP contribution >= 0.6 is 30.3 Å². The van der Waals surface area contributed by atoms with E-state index in [0.29, 0.717) is 5.82 Å². The number of fused-ring (bicyclic) bond motifs is 1. The van der Waals surface area contributed by atoms with Gasteiger partial charge in [0.1, 0.15) is 12.1 Å². The molecule has 110 valence electrons. The summed E-state index contributed by atoms with van der Waals surface area (Å²) in [7, 11) is 1.55. The second-order valence-electron chi connectivity index (χ2n) is 5.20. The first-order valence-corrected chi connectivity index (χ1v) is 10.0. The van der Waals surface area contributed by atoms with Crippen LogP contribution < -0.4 is 11.1 Å². The van der Waals surface area contributed by atoms with Crippen molar-refractivity contribution in [3.8, 4) is 0 Å². The van der Waals surface area contributed by atoms with Gasteiger partial charge in [-0.1, -0.05) is 6.92 Å². The summed E-state index contributed by atoms with van der Waals surface area (Å²) in [4.78, 5) is 8.02. The topological polar surface area (TPSA) is 68.8 Å². The molecule has 1 aliphatic heterocycles. The van der Waals surface area contributed by atoms with Crippen LogP contribution in [0.25, 0.3) is 11.0 Å². The summed E-state index contributed by atoms with van der Waals surface area (Å²) >= 11 is 2.19. The van der Waals surface area contributed by atoms with Gasteiger partial charge in [0.05, 0.1) is 5.39 Å². The minimum Gasteiger partial charge on any atom is -0.383 e. The van der Waals surface area contributed by atoms with Crippen LogP contribution in [0.3, 0.4) is 0 Å². The fraction of sp³-hybridized carbons (Fsp3) is 0.538. The number of halogens is 1. The molecular weight excluding hydrogens is 385 g/mol. The van der Waals surface area contributed by atoms with Crippen LogP contribution in [-0.4, -0.2) is 26.5 Å². The van der Waals surface area contributed by atoms with E-state index in [2.05, 4.69) is 50.3 Å². The first-order valence-electron chi connectivity index (χ1n) is 6.71. The lowest BCUT2D eigenvalue weighted by Crippen LogP contribution is -2.35. The molecule has 0 radical (unpaired) electrons. The van der Waals surface area contributed by atoms with E-state index in [1.54, 1.807) is 9.12 Å². The van der Waals surface area contributed by atoms with E-state index in [1.807, 2.05) is 16.2 Å². The van der Waals surface area contributed by atoms with Crippen molar-refractivity contribution in [3.63, 3.8) is 0 Å². The molecule has 0 aromatic carbocycles.